The lowest BCUT2D eigenvalue weighted by molar-refractivity contribution is 0.0671. The highest BCUT2D eigenvalue weighted by molar-refractivity contribution is 5.92. The van der Waals surface area contributed by atoms with Crippen LogP contribution in [-0.4, -0.2) is 34.2 Å². The van der Waals surface area contributed by atoms with E-state index in [0.717, 1.165) is 37.0 Å². The minimum Gasteiger partial charge on any atom is -0.497 e. The topological polar surface area (TPSA) is 64.4 Å². The first kappa shape index (κ1) is 21.7. The second kappa shape index (κ2) is 9.34. The largest absolute Gasteiger partial charge is 0.497 e. The fourth-order valence-electron chi connectivity index (χ4n) is 4.22. The van der Waals surface area contributed by atoms with Crippen molar-refractivity contribution < 1.29 is 13.9 Å². The van der Waals surface area contributed by atoms with Crippen molar-refractivity contribution in [1.29, 1.82) is 0 Å². The van der Waals surface area contributed by atoms with Gasteiger partial charge in [-0.2, -0.15) is 5.10 Å². The minimum atomic E-state index is -0.476. The molecule has 0 aliphatic carbocycles. The highest BCUT2D eigenvalue weighted by atomic mass is 19.1. The van der Waals surface area contributed by atoms with Crippen LogP contribution in [0.15, 0.2) is 59.4 Å². The number of carbonyl (C=O) groups is 1. The molecule has 1 atom stereocenters. The maximum Gasteiger partial charge on any atom is 0.278 e. The smallest absolute Gasteiger partial charge is 0.278 e. The molecule has 1 unspecified atom stereocenters. The summed E-state index contributed by atoms with van der Waals surface area (Å²) in [7, 11) is 1.61. The number of methoxy groups -OCH3 is 1. The van der Waals surface area contributed by atoms with E-state index in [0.29, 0.717) is 12.2 Å². The van der Waals surface area contributed by atoms with Gasteiger partial charge >= 0.3 is 0 Å². The zero-order chi connectivity index (χ0) is 22.7. The van der Waals surface area contributed by atoms with Crippen LogP contribution in [0.5, 0.6) is 5.75 Å². The van der Waals surface area contributed by atoms with Crippen molar-refractivity contribution in [2.24, 2.45) is 0 Å². The zero-order valence-electron chi connectivity index (χ0n) is 18.3. The van der Waals surface area contributed by atoms with Gasteiger partial charge in [0, 0.05) is 18.3 Å². The van der Waals surface area contributed by atoms with Gasteiger partial charge < -0.3 is 9.64 Å². The molecule has 4 rings (SSSR count). The second-order valence-electron chi connectivity index (χ2n) is 8.00. The van der Waals surface area contributed by atoms with Gasteiger partial charge in [0.05, 0.1) is 13.2 Å². The highest BCUT2D eigenvalue weighted by Crippen LogP contribution is 2.32. The summed E-state index contributed by atoms with van der Waals surface area (Å²) in [5, 5.41) is 4.32. The third-order valence-corrected chi connectivity index (χ3v) is 5.90. The van der Waals surface area contributed by atoms with E-state index in [-0.39, 0.29) is 17.4 Å². The molecule has 1 amide bonds. The van der Waals surface area contributed by atoms with Crippen LogP contribution in [0.4, 0.5) is 4.39 Å². The molecule has 0 N–H and O–H groups in total. The summed E-state index contributed by atoms with van der Waals surface area (Å²) in [6.07, 6.45) is 3.65. The predicted octanol–water partition coefficient (Wildman–Crippen LogP) is 4.45. The first-order chi connectivity index (χ1) is 15.5. The van der Waals surface area contributed by atoms with Gasteiger partial charge in [-0.1, -0.05) is 37.1 Å². The third kappa shape index (κ3) is 4.28. The van der Waals surface area contributed by atoms with E-state index in [1.807, 2.05) is 24.3 Å². The molecule has 1 fully saturated rings. The molecule has 2 heterocycles. The SMILES string of the molecule is COc1ccc(C2CCCCCN2C(=O)c2nn(-c3ccccc3F)c(C)cc2=O)cc1. The zero-order valence-corrected chi connectivity index (χ0v) is 18.3. The Morgan fingerprint density at radius 1 is 1.09 bits per heavy atom. The number of benzene rings is 2. The lowest BCUT2D eigenvalue weighted by Crippen LogP contribution is -2.39. The molecule has 2 aromatic carbocycles. The monoisotopic (exact) mass is 435 g/mol. The number of ether oxygens (including phenoxy) is 1. The molecular weight excluding hydrogens is 409 g/mol. The molecule has 1 saturated heterocycles. The number of hydrogen-bond acceptors (Lipinski definition) is 4. The number of para-hydroxylation sites is 1. The molecule has 1 aliphatic heterocycles. The lowest BCUT2D eigenvalue weighted by atomic mass is 10.0. The van der Waals surface area contributed by atoms with E-state index in [4.69, 9.17) is 4.74 Å². The average Bonchev–Trinajstić information content (AvgIpc) is 3.06. The minimum absolute atomic E-state index is 0.166. The Morgan fingerprint density at radius 3 is 2.56 bits per heavy atom. The standard InChI is InChI=1S/C25H26FN3O3/c1-17-16-23(30)24(27-29(17)22-10-6-5-8-20(22)26)25(31)28-15-7-3-4-9-21(28)18-11-13-19(32-2)14-12-18/h5-6,8,10-14,16,21H,3-4,7,9,15H2,1-2H3. The average molecular weight is 435 g/mol. The molecule has 6 nitrogen and oxygen atoms in total. The van der Waals surface area contributed by atoms with Crippen molar-refractivity contribution >= 4 is 5.91 Å². The molecule has 32 heavy (non-hydrogen) atoms. The summed E-state index contributed by atoms with van der Waals surface area (Å²) in [5.41, 5.74) is 0.987. The van der Waals surface area contributed by atoms with Gasteiger partial charge in [-0.25, -0.2) is 9.07 Å². The first-order valence-corrected chi connectivity index (χ1v) is 10.8. The molecule has 0 spiro atoms. The van der Waals surface area contributed by atoms with Crippen molar-refractivity contribution in [1.82, 2.24) is 14.7 Å². The van der Waals surface area contributed by atoms with Gasteiger partial charge in [-0.3, -0.25) is 9.59 Å². The number of likely N-dealkylation sites (tertiary alicyclic amines) is 1. The van der Waals surface area contributed by atoms with Crippen LogP contribution in [0.3, 0.4) is 0 Å². The Balaban J connectivity index is 1.75. The van der Waals surface area contributed by atoms with Gasteiger partial charge in [-0.05, 0) is 49.6 Å². The van der Waals surface area contributed by atoms with Crippen LogP contribution in [0.25, 0.3) is 5.69 Å². The molecule has 7 heteroatoms. The number of aromatic nitrogens is 2. The van der Waals surface area contributed by atoms with Gasteiger partial charge in [0.25, 0.3) is 5.91 Å². The molecule has 0 bridgehead atoms. The van der Waals surface area contributed by atoms with Gasteiger partial charge in [0.2, 0.25) is 5.43 Å². The van der Waals surface area contributed by atoms with Crippen molar-refractivity contribution in [2.75, 3.05) is 13.7 Å². The van der Waals surface area contributed by atoms with E-state index in [9.17, 15) is 14.0 Å². The predicted molar refractivity (Wildman–Crippen MR) is 120 cm³/mol. The lowest BCUT2D eigenvalue weighted by Gasteiger charge is -2.30. The Labute approximate surface area is 186 Å². The Bertz CT molecular complexity index is 1170. The quantitative estimate of drug-likeness (QED) is 0.608. The number of amides is 1. The molecule has 166 valence electrons. The Kier molecular flexibility index (Phi) is 6.35. The van der Waals surface area contributed by atoms with Gasteiger partial charge in [0.1, 0.15) is 17.3 Å². The highest BCUT2D eigenvalue weighted by Gasteiger charge is 2.30. The molecular formula is C25H26FN3O3. The van der Waals surface area contributed by atoms with Crippen LogP contribution in [-0.2, 0) is 0 Å². The molecule has 3 aromatic rings. The van der Waals surface area contributed by atoms with Crippen molar-refractivity contribution in [2.45, 2.75) is 38.6 Å². The first-order valence-electron chi connectivity index (χ1n) is 10.8. The second-order valence-corrected chi connectivity index (χ2v) is 8.00. The van der Waals surface area contributed by atoms with E-state index < -0.39 is 17.2 Å². The summed E-state index contributed by atoms with van der Waals surface area (Å²) in [6, 6.07) is 15.0. The van der Waals surface area contributed by atoms with E-state index in [1.165, 1.54) is 16.8 Å². The van der Waals surface area contributed by atoms with Gasteiger partial charge in [0.15, 0.2) is 5.69 Å². The summed E-state index contributed by atoms with van der Waals surface area (Å²) in [6.45, 7) is 2.20. The summed E-state index contributed by atoms with van der Waals surface area (Å²) >= 11 is 0. The number of rotatable bonds is 4. The van der Waals surface area contributed by atoms with Crippen LogP contribution >= 0.6 is 0 Å². The molecule has 0 radical (unpaired) electrons. The molecule has 1 aliphatic rings. The van der Waals surface area contributed by atoms with Gasteiger partial charge in [-0.15, -0.1) is 0 Å². The van der Waals surface area contributed by atoms with Crippen LogP contribution in [0.1, 0.15) is 53.5 Å². The van der Waals surface area contributed by atoms with Crippen molar-refractivity contribution in [3.05, 3.63) is 87.6 Å². The molecule has 1 aromatic heterocycles. The Morgan fingerprint density at radius 2 is 1.84 bits per heavy atom. The number of hydrogen-bond donors (Lipinski definition) is 0. The van der Waals surface area contributed by atoms with Crippen LogP contribution in [0.2, 0.25) is 0 Å². The summed E-state index contributed by atoms with van der Waals surface area (Å²) in [4.78, 5) is 28.1. The fraction of sp³-hybridized carbons (Fsp3) is 0.320. The number of halogens is 1. The normalized spacial score (nSPS) is 16.5. The maximum absolute atomic E-state index is 14.4. The molecule has 0 saturated carbocycles. The van der Waals surface area contributed by atoms with Crippen molar-refractivity contribution in [3.8, 4) is 11.4 Å². The number of aryl methyl sites for hydroxylation is 1. The fourth-order valence-corrected chi connectivity index (χ4v) is 4.22. The summed E-state index contributed by atoms with van der Waals surface area (Å²) < 4.78 is 21.0. The van der Waals surface area contributed by atoms with Crippen molar-refractivity contribution in [3.63, 3.8) is 0 Å². The maximum atomic E-state index is 14.4. The number of carbonyl (C=O) groups excluding carboxylic acids is 1. The van der Waals surface area contributed by atoms with Crippen LogP contribution in [0, 0.1) is 12.7 Å². The summed E-state index contributed by atoms with van der Waals surface area (Å²) in [5.74, 6) is -0.160. The van der Waals surface area contributed by atoms with E-state index in [1.54, 1.807) is 37.1 Å². The van der Waals surface area contributed by atoms with E-state index >= 15 is 0 Å². The Hall–Kier alpha value is -3.48. The number of nitrogens with zero attached hydrogens (tertiary/aromatic N) is 3. The van der Waals surface area contributed by atoms with E-state index in [2.05, 4.69) is 5.10 Å². The van der Waals surface area contributed by atoms with Crippen LogP contribution < -0.4 is 10.2 Å². The third-order valence-electron chi connectivity index (χ3n) is 5.90.